The molecule has 0 spiro atoms. The van der Waals surface area contributed by atoms with E-state index < -0.39 is 5.54 Å². The van der Waals surface area contributed by atoms with Gasteiger partial charge in [0, 0.05) is 20.8 Å². The van der Waals surface area contributed by atoms with E-state index in [1.165, 1.54) is 0 Å². The van der Waals surface area contributed by atoms with Gasteiger partial charge in [-0.2, -0.15) is 0 Å². The minimum atomic E-state index is -0.421. The molecular weight excluding hydrogens is 232 g/mol. The fraction of sp³-hybridized carbons (Fsp3) is 0.923. The Hall–Kier alpha value is -0.650. The van der Waals surface area contributed by atoms with Gasteiger partial charge in [0.25, 0.3) is 0 Å². The molecule has 1 aliphatic heterocycles. The predicted octanol–water partition coefficient (Wildman–Crippen LogP) is 0.638. The summed E-state index contributed by atoms with van der Waals surface area (Å²) in [6.45, 7) is 6.62. The predicted molar refractivity (Wildman–Crippen MR) is 70.6 cm³/mol. The van der Waals surface area contributed by atoms with Crippen LogP contribution < -0.4 is 5.32 Å². The van der Waals surface area contributed by atoms with Gasteiger partial charge in [-0.05, 0) is 33.2 Å². The van der Waals surface area contributed by atoms with Crippen molar-refractivity contribution in [3.63, 3.8) is 0 Å². The second kappa shape index (κ2) is 7.07. The van der Waals surface area contributed by atoms with Crippen LogP contribution in [0, 0.1) is 0 Å². The first kappa shape index (κ1) is 15.4. The van der Waals surface area contributed by atoms with E-state index in [9.17, 15) is 4.79 Å². The molecule has 0 bridgehead atoms. The highest BCUT2D eigenvalue weighted by Crippen LogP contribution is 2.22. The largest absolute Gasteiger partial charge is 0.383 e. The van der Waals surface area contributed by atoms with Crippen LogP contribution in [0.2, 0.25) is 0 Å². The monoisotopic (exact) mass is 258 g/mol. The number of rotatable bonds is 7. The summed E-state index contributed by atoms with van der Waals surface area (Å²) in [7, 11) is 3.31. The Bertz CT molecular complexity index is 265. The molecule has 0 aromatic heterocycles. The summed E-state index contributed by atoms with van der Waals surface area (Å²) in [5, 5.41) is 3.31. The molecule has 0 aromatic carbocycles. The molecule has 0 aliphatic carbocycles. The van der Waals surface area contributed by atoms with Crippen LogP contribution in [0.1, 0.15) is 26.7 Å². The number of nitrogens with one attached hydrogen (secondary N) is 1. The van der Waals surface area contributed by atoms with Crippen molar-refractivity contribution in [1.29, 1.82) is 0 Å². The van der Waals surface area contributed by atoms with Crippen molar-refractivity contribution in [3.05, 3.63) is 0 Å². The Morgan fingerprint density at radius 3 is 2.67 bits per heavy atom. The van der Waals surface area contributed by atoms with Crippen LogP contribution in [0.25, 0.3) is 0 Å². The average Bonchev–Trinajstić information content (AvgIpc) is 2.78. The molecule has 106 valence electrons. The first-order chi connectivity index (χ1) is 8.55. The maximum atomic E-state index is 12.6. The highest BCUT2D eigenvalue weighted by molar-refractivity contribution is 5.86. The van der Waals surface area contributed by atoms with Crippen molar-refractivity contribution in [2.24, 2.45) is 0 Å². The van der Waals surface area contributed by atoms with Gasteiger partial charge in [0.15, 0.2) is 0 Å². The van der Waals surface area contributed by atoms with E-state index >= 15 is 0 Å². The van der Waals surface area contributed by atoms with Crippen molar-refractivity contribution in [2.45, 2.75) is 38.3 Å². The number of methoxy groups -OCH3 is 2. The van der Waals surface area contributed by atoms with Crippen LogP contribution in [-0.4, -0.2) is 62.9 Å². The molecular formula is C13H26N2O3. The Balaban J connectivity index is 2.71. The summed E-state index contributed by atoms with van der Waals surface area (Å²) in [4.78, 5) is 14.5. The molecule has 1 aliphatic rings. The van der Waals surface area contributed by atoms with Gasteiger partial charge in [-0.15, -0.1) is 0 Å². The van der Waals surface area contributed by atoms with Crippen molar-refractivity contribution >= 4 is 5.91 Å². The van der Waals surface area contributed by atoms with Gasteiger partial charge in [0.2, 0.25) is 5.91 Å². The van der Waals surface area contributed by atoms with Crippen LogP contribution >= 0.6 is 0 Å². The quantitative estimate of drug-likeness (QED) is 0.728. The number of carbonyl (C=O) groups is 1. The van der Waals surface area contributed by atoms with Crippen molar-refractivity contribution in [3.8, 4) is 0 Å². The minimum Gasteiger partial charge on any atom is -0.383 e. The molecule has 1 amide bonds. The van der Waals surface area contributed by atoms with Crippen LogP contribution in [0.4, 0.5) is 0 Å². The van der Waals surface area contributed by atoms with Gasteiger partial charge < -0.3 is 19.7 Å². The standard InChI is InChI=1S/C13H26N2O3/c1-11(10-18-4)15(8-9-17-3)12(16)13(2)6-5-7-14-13/h11,14H,5-10H2,1-4H3. The molecule has 1 saturated heterocycles. The summed E-state index contributed by atoms with van der Waals surface area (Å²) in [6, 6.07) is 0.0666. The molecule has 1 heterocycles. The Labute approximate surface area is 110 Å². The van der Waals surface area contributed by atoms with Crippen LogP contribution in [0.5, 0.6) is 0 Å². The number of amides is 1. The van der Waals surface area contributed by atoms with E-state index in [-0.39, 0.29) is 11.9 Å². The Morgan fingerprint density at radius 1 is 1.44 bits per heavy atom. The third-order valence-corrected chi connectivity index (χ3v) is 3.58. The number of nitrogens with zero attached hydrogens (tertiary/aromatic N) is 1. The number of ether oxygens (including phenoxy) is 2. The molecule has 1 fully saturated rings. The summed E-state index contributed by atoms with van der Waals surface area (Å²) in [6.07, 6.45) is 1.95. The molecule has 5 heteroatoms. The first-order valence-corrected chi connectivity index (χ1v) is 6.59. The summed E-state index contributed by atoms with van der Waals surface area (Å²) >= 11 is 0. The topological polar surface area (TPSA) is 50.8 Å². The maximum Gasteiger partial charge on any atom is 0.242 e. The minimum absolute atomic E-state index is 0.0666. The maximum absolute atomic E-state index is 12.6. The third-order valence-electron chi connectivity index (χ3n) is 3.58. The molecule has 0 saturated carbocycles. The smallest absolute Gasteiger partial charge is 0.242 e. The number of carbonyl (C=O) groups excluding carboxylic acids is 1. The molecule has 18 heavy (non-hydrogen) atoms. The van der Waals surface area contributed by atoms with Crippen molar-refractivity contribution < 1.29 is 14.3 Å². The lowest BCUT2D eigenvalue weighted by atomic mass is 9.97. The van der Waals surface area contributed by atoms with Gasteiger partial charge >= 0.3 is 0 Å². The average molecular weight is 258 g/mol. The summed E-state index contributed by atoms with van der Waals surface area (Å²) < 4.78 is 10.2. The van der Waals surface area contributed by atoms with Gasteiger partial charge in [0.1, 0.15) is 0 Å². The molecule has 1 N–H and O–H groups in total. The molecule has 2 unspecified atom stereocenters. The zero-order valence-corrected chi connectivity index (χ0v) is 12.0. The first-order valence-electron chi connectivity index (χ1n) is 6.59. The van der Waals surface area contributed by atoms with E-state index in [2.05, 4.69) is 5.32 Å². The second-order valence-electron chi connectivity index (χ2n) is 5.16. The Morgan fingerprint density at radius 2 is 2.17 bits per heavy atom. The van der Waals surface area contributed by atoms with Crippen LogP contribution in [0.15, 0.2) is 0 Å². The van der Waals surface area contributed by atoms with E-state index in [0.717, 1.165) is 19.4 Å². The van der Waals surface area contributed by atoms with E-state index in [1.807, 2.05) is 18.7 Å². The number of hydrogen-bond acceptors (Lipinski definition) is 4. The van der Waals surface area contributed by atoms with E-state index in [0.29, 0.717) is 19.8 Å². The Kier molecular flexibility index (Phi) is 6.05. The highest BCUT2D eigenvalue weighted by atomic mass is 16.5. The molecule has 1 rings (SSSR count). The van der Waals surface area contributed by atoms with Crippen molar-refractivity contribution in [1.82, 2.24) is 10.2 Å². The fourth-order valence-corrected chi connectivity index (χ4v) is 2.44. The van der Waals surface area contributed by atoms with Crippen LogP contribution in [0.3, 0.4) is 0 Å². The normalized spacial score (nSPS) is 25.1. The van der Waals surface area contributed by atoms with E-state index in [4.69, 9.17) is 9.47 Å². The highest BCUT2D eigenvalue weighted by Gasteiger charge is 2.40. The van der Waals surface area contributed by atoms with Gasteiger partial charge in [-0.3, -0.25) is 4.79 Å². The van der Waals surface area contributed by atoms with Crippen LogP contribution in [-0.2, 0) is 14.3 Å². The zero-order valence-electron chi connectivity index (χ0n) is 12.0. The zero-order chi connectivity index (χ0) is 13.6. The lowest BCUT2D eigenvalue weighted by Gasteiger charge is -2.35. The molecule has 0 aromatic rings. The number of hydrogen-bond donors (Lipinski definition) is 1. The lowest BCUT2D eigenvalue weighted by Crippen LogP contribution is -2.56. The molecule has 0 radical (unpaired) electrons. The van der Waals surface area contributed by atoms with Crippen molar-refractivity contribution in [2.75, 3.05) is 40.5 Å². The van der Waals surface area contributed by atoms with Gasteiger partial charge in [0.05, 0.1) is 24.8 Å². The SMILES string of the molecule is COCCN(C(=O)C1(C)CCCN1)C(C)COC. The van der Waals surface area contributed by atoms with Gasteiger partial charge in [-0.1, -0.05) is 0 Å². The fourth-order valence-electron chi connectivity index (χ4n) is 2.44. The van der Waals surface area contributed by atoms with E-state index in [1.54, 1.807) is 14.2 Å². The summed E-state index contributed by atoms with van der Waals surface area (Å²) in [5.41, 5.74) is -0.421. The van der Waals surface area contributed by atoms with Gasteiger partial charge in [-0.25, -0.2) is 0 Å². The third kappa shape index (κ3) is 3.67. The molecule has 5 nitrogen and oxygen atoms in total. The molecule has 2 atom stereocenters. The summed E-state index contributed by atoms with van der Waals surface area (Å²) in [5.74, 6) is 0.154. The lowest BCUT2D eigenvalue weighted by molar-refractivity contribution is -0.141. The second-order valence-corrected chi connectivity index (χ2v) is 5.16.